The number of halogens is 3. The number of carbonyl (C=O) groups is 1. The van der Waals surface area contributed by atoms with Gasteiger partial charge in [-0.2, -0.15) is 13.2 Å². The lowest BCUT2D eigenvalue weighted by molar-refractivity contribution is -0.137. The lowest BCUT2D eigenvalue weighted by Crippen LogP contribution is -2.29. The molecule has 0 aliphatic carbocycles. The Hall–Kier alpha value is -1.56. The van der Waals surface area contributed by atoms with Gasteiger partial charge in [-0.25, -0.2) is 0 Å². The third-order valence-corrected chi connectivity index (χ3v) is 4.03. The third kappa shape index (κ3) is 4.96. The second-order valence-corrected chi connectivity index (χ2v) is 6.47. The number of rotatable bonds is 4. The van der Waals surface area contributed by atoms with Crippen molar-refractivity contribution < 1.29 is 18.0 Å². The van der Waals surface area contributed by atoms with Gasteiger partial charge in [-0.1, -0.05) is 13.8 Å². The van der Waals surface area contributed by atoms with Gasteiger partial charge in [0.05, 0.1) is 5.56 Å². The van der Waals surface area contributed by atoms with E-state index in [1.54, 1.807) is 6.07 Å². The SMILES string of the molecule is CC(C)CNC(=O)c1cc(C2CCNCC2)cc(C(F)(F)F)c1. The van der Waals surface area contributed by atoms with Gasteiger partial charge >= 0.3 is 6.18 Å². The smallest absolute Gasteiger partial charge is 0.352 e. The Bertz CT molecular complexity index is 549. The summed E-state index contributed by atoms with van der Waals surface area (Å²) in [5, 5.41) is 5.89. The van der Waals surface area contributed by atoms with Crippen LogP contribution in [0.15, 0.2) is 18.2 Å². The number of hydrogen-bond acceptors (Lipinski definition) is 2. The molecule has 128 valence electrons. The van der Waals surface area contributed by atoms with E-state index in [9.17, 15) is 18.0 Å². The molecule has 2 rings (SSSR count). The van der Waals surface area contributed by atoms with E-state index < -0.39 is 17.6 Å². The van der Waals surface area contributed by atoms with E-state index >= 15 is 0 Å². The number of hydrogen-bond donors (Lipinski definition) is 2. The number of benzene rings is 1. The topological polar surface area (TPSA) is 41.1 Å². The van der Waals surface area contributed by atoms with Gasteiger partial charge in [-0.3, -0.25) is 4.79 Å². The fraction of sp³-hybridized carbons (Fsp3) is 0.588. The zero-order valence-electron chi connectivity index (χ0n) is 13.5. The summed E-state index contributed by atoms with van der Waals surface area (Å²) in [6.07, 6.45) is -2.88. The van der Waals surface area contributed by atoms with Crippen molar-refractivity contribution in [3.63, 3.8) is 0 Å². The maximum atomic E-state index is 13.1. The Kier molecular flexibility index (Phi) is 5.68. The number of piperidine rings is 1. The zero-order chi connectivity index (χ0) is 17.0. The van der Waals surface area contributed by atoms with Crippen molar-refractivity contribution in [2.45, 2.75) is 38.8 Å². The Morgan fingerprint density at radius 2 is 1.91 bits per heavy atom. The molecule has 3 nitrogen and oxygen atoms in total. The molecule has 1 fully saturated rings. The fourth-order valence-corrected chi connectivity index (χ4v) is 2.74. The number of carbonyl (C=O) groups excluding carboxylic acids is 1. The summed E-state index contributed by atoms with van der Waals surface area (Å²) in [5.41, 5.74) is -0.0479. The highest BCUT2D eigenvalue weighted by atomic mass is 19.4. The summed E-state index contributed by atoms with van der Waals surface area (Å²) >= 11 is 0. The van der Waals surface area contributed by atoms with Crippen molar-refractivity contribution >= 4 is 5.91 Å². The van der Waals surface area contributed by atoms with Gasteiger partial charge in [0.15, 0.2) is 0 Å². The predicted octanol–water partition coefficient (Wildman–Crippen LogP) is 3.56. The quantitative estimate of drug-likeness (QED) is 0.887. The molecule has 1 aliphatic heterocycles. The first-order chi connectivity index (χ1) is 10.8. The standard InChI is InChI=1S/C17H23F3N2O/c1-11(2)10-22-16(23)14-7-13(12-3-5-21-6-4-12)8-15(9-14)17(18,19)20/h7-9,11-12,21H,3-6,10H2,1-2H3,(H,22,23). The summed E-state index contributed by atoms with van der Waals surface area (Å²) in [6.45, 7) is 5.89. The molecule has 1 aliphatic rings. The van der Waals surface area contributed by atoms with E-state index in [0.717, 1.165) is 32.0 Å². The van der Waals surface area contributed by atoms with E-state index in [-0.39, 0.29) is 17.4 Å². The molecule has 1 saturated heterocycles. The van der Waals surface area contributed by atoms with Crippen LogP contribution in [0.1, 0.15) is 54.1 Å². The number of alkyl halides is 3. The van der Waals surface area contributed by atoms with Crippen molar-refractivity contribution in [2.24, 2.45) is 5.92 Å². The lowest BCUT2D eigenvalue weighted by atomic mass is 9.88. The van der Waals surface area contributed by atoms with E-state index in [1.165, 1.54) is 6.07 Å². The van der Waals surface area contributed by atoms with Gasteiger partial charge in [0, 0.05) is 12.1 Å². The second-order valence-electron chi connectivity index (χ2n) is 6.47. The molecular formula is C17H23F3N2O. The summed E-state index contributed by atoms with van der Waals surface area (Å²) in [5.74, 6) is -0.135. The minimum atomic E-state index is -4.45. The van der Waals surface area contributed by atoms with Crippen LogP contribution in [-0.2, 0) is 6.18 Å². The van der Waals surface area contributed by atoms with Crippen LogP contribution in [0.3, 0.4) is 0 Å². The molecule has 2 N–H and O–H groups in total. The molecule has 0 radical (unpaired) electrons. The van der Waals surface area contributed by atoms with E-state index in [2.05, 4.69) is 10.6 Å². The molecule has 1 aromatic rings. The Balaban J connectivity index is 2.31. The van der Waals surface area contributed by atoms with E-state index in [0.29, 0.717) is 12.1 Å². The number of amides is 1. The minimum absolute atomic E-state index is 0.0650. The molecule has 1 aromatic carbocycles. The first kappa shape index (κ1) is 17.8. The second kappa shape index (κ2) is 7.34. The maximum Gasteiger partial charge on any atom is 0.416 e. The van der Waals surface area contributed by atoms with Gasteiger partial charge in [0.2, 0.25) is 0 Å². The van der Waals surface area contributed by atoms with Crippen LogP contribution in [0.25, 0.3) is 0 Å². The normalized spacial score (nSPS) is 16.6. The van der Waals surface area contributed by atoms with Gasteiger partial charge in [-0.15, -0.1) is 0 Å². The maximum absolute atomic E-state index is 13.1. The molecule has 0 unspecified atom stereocenters. The van der Waals surface area contributed by atoms with Crippen LogP contribution in [0, 0.1) is 5.92 Å². The van der Waals surface area contributed by atoms with Crippen molar-refractivity contribution in [3.05, 3.63) is 34.9 Å². The fourth-order valence-electron chi connectivity index (χ4n) is 2.74. The molecule has 6 heteroatoms. The first-order valence-electron chi connectivity index (χ1n) is 7.98. The average molecular weight is 328 g/mol. The lowest BCUT2D eigenvalue weighted by Gasteiger charge is -2.24. The summed E-state index contributed by atoms with van der Waals surface area (Å²) in [4.78, 5) is 12.2. The highest BCUT2D eigenvalue weighted by Gasteiger charge is 2.32. The highest BCUT2D eigenvalue weighted by molar-refractivity contribution is 5.94. The van der Waals surface area contributed by atoms with Crippen molar-refractivity contribution in [1.82, 2.24) is 10.6 Å². The van der Waals surface area contributed by atoms with Gasteiger partial charge in [-0.05, 0) is 61.5 Å². The van der Waals surface area contributed by atoms with Crippen LogP contribution in [0.2, 0.25) is 0 Å². The van der Waals surface area contributed by atoms with Crippen molar-refractivity contribution in [3.8, 4) is 0 Å². The molecule has 0 atom stereocenters. The summed E-state index contributed by atoms with van der Waals surface area (Å²) in [7, 11) is 0. The molecule has 0 aromatic heterocycles. The molecule has 1 heterocycles. The van der Waals surface area contributed by atoms with E-state index in [4.69, 9.17) is 0 Å². The minimum Gasteiger partial charge on any atom is -0.352 e. The Morgan fingerprint density at radius 1 is 1.26 bits per heavy atom. The molecule has 0 bridgehead atoms. The Morgan fingerprint density at radius 3 is 2.48 bits per heavy atom. The highest BCUT2D eigenvalue weighted by Crippen LogP contribution is 2.34. The van der Waals surface area contributed by atoms with Crippen LogP contribution in [0.4, 0.5) is 13.2 Å². The molecule has 23 heavy (non-hydrogen) atoms. The van der Waals surface area contributed by atoms with Crippen molar-refractivity contribution in [2.75, 3.05) is 19.6 Å². The summed E-state index contributed by atoms with van der Waals surface area (Å²) < 4.78 is 39.4. The third-order valence-electron chi connectivity index (χ3n) is 4.03. The zero-order valence-corrected chi connectivity index (χ0v) is 13.5. The molecule has 0 spiro atoms. The molecule has 0 saturated carbocycles. The molecular weight excluding hydrogens is 305 g/mol. The van der Waals surface area contributed by atoms with Crippen LogP contribution < -0.4 is 10.6 Å². The van der Waals surface area contributed by atoms with E-state index in [1.807, 2.05) is 13.8 Å². The van der Waals surface area contributed by atoms with Gasteiger partial charge in [0.1, 0.15) is 0 Å². The number of nitrogens with one attached hydrogen (secondary N) is 2. The van der Waals surface area contributed by atoms with Crippen LogP contribution in [0.5, 0.6) is 0 Å². The Labute approximate surface area is 134 Å². The average Bonchev–Trinajstić information content (AvgIpc) is 2.52. The van der Waals surface area contributed by atoms with Crippen LogP contribution >= 0.6 is 0 Å². The molecule has 1 amide bonds. The van der Waals surface area contributed by atoms with Gasteiger partial charge < -0.3 is 10.6 Å². The summed E-state index contributed by atoms with van der Waals surface area (Å²) in [6, 6.07) is 3.75. The van der Waals surface area contributed by atoms with Crippen molar-refractivity contribution in [1.29, 1.82) is 0 Å². The van der Waals surface area contributed by atoms with Gasteiger partial charge in [0.25, 0.3) is 5.91 Å². The largest absolute Gasteiger partial charge is 0.416 e. The first-order valence-corrected chi connectivity index (χ1v) is 7.98. The monoisotopic (exact) mass is 328 g/mol. The predicted molar refractivity (Wildman–Crippen MR) is 83.5 cm³/mol. The van der Waals surface area contributed by atoms with Crippen LogP contribution in [-0.4, -0.2) is 25.5 Å².